The summed E-state index contributed by atoms with van der Waals surface area (Å²) >= 11 is 0. The molecule has 1 saturated heterocycles. The highest BCUT2D eigenvalue weighted by Crippen LogP contribution is 2.44. The van der Waals surface area contributed by atoms with Gasteiger partial charge in [0.25, 0.3) is 0 Å². The van der Waals surface area contributed by atoms with Gasteiger partial charge in [0.05, 0.1) is 12.5 Å². The standard InChI is InChI=1S/C11H20N2O2.2ClH/c1-15-10(14)11(4-6-13-7-5-11)9(12)8-2-3-8;;/h8-9,13H,2-7,12H2,1H3;2*1H. The molecule has 1 saturated carbocycles. The molecule has 0 aromatic heterocycles. The van der Waals surface area contributed by atoms with Crippen LogP contribution in [-0.4, -0.2) is 32.2 Å². The molecule has 0 radical (unpaired) electrons. The fourth-order valence-corrected chi connectivity index (χ4v) is 2.66. The fraction of sp³-hybridized carbons (Fsp3) is 0.909. The number of halogens is 2. The van der Waals surface area contributed by atoms with E-state index in [-0.39, 0.29) is 36.8 Å². The zero-order chi connectivity index (χ0) is 10.9. The van der Waals surface area contributed by atoms with Gasteiger partial charge in [-0.25, -0.2) is 0 Å². The minimum absolute atomic E-state index is 0. The number of carbonyl (C=O) groups is 1. The van der Waals surface area contributed by atoms with Crippen molar-refractivity contribution >= 4 is 30.8 Å². The van der Waals surface area contributed by atoms with Crippen molar-refractivity contribution < 1.29 is 9.53 Å². The molecule has 1 atom stereocenters. The summed E-state index contributed by atoms with van der Waals surface area (Å²) in [6.07, 6.45) is 3.98. The maximum absolute atomic E-state index is 11.9. The van der Waals surface area contributed by atoms with Crippen LogP contribution < -0.4 is 11.1 Å². The lowest BCUT2D eigenvalue weighted by molar-refractivity contribution is -0.156. The Morgan fingerprint density at radius 2 is 1.88 bits per heavy atom. The van der Waals surface area contributed by atoms with Gasteiger partial charge < -0.3 is 15.8 Å². The molecular weight excluding hydrogens is 263 g/mol. The zero-order valence-corrected chi connectivity index (χ0v) is 11.7. The molecule has 0 amide bonds. The third kappa shape index (κ3) is 3.25. The summed E-state index contributed by atoms with van der Waals surface area (Å²) in [5, 5.41) is 3.27. The summed E-state index contributed by atoms with van der Waals surface area (Å²) in [5.74, 6) is 0.436. The van der Waals surface area contributed by atoms with Gasteiger partial charge in [-0.05, 0) is 44.7 Å². The molecule has 1 heterocycles. The van der Waals surface area contributed by atoms with Crippen LogP contribution in [0.3, 0.4) is 0 Å². The second-order valence-electron chi connectivity index (χ2n) is 4.76. The van der Waals surface area contributed by atoms with Crippen molar-refractivity contribution in [2.75, 3.05) is 20.2 Å². The van der Waals surface area contributed by atoms with Crippen LogP contribution in [0.4, 0.5) is 0 Å². The van der Waals surface area contributed by atoms with Crippen LogP contribution in [0.2, 0.25) is 0 Å². The number of nitrogens with one attached hydrogen (secondary N) is 1. The van der Waals surface area contributed by atoms with Gasteiger partial charge in [0, 0.05) is 6.04 Å². The molecule has 1 unspecified atom stereocenters. The van der Waals surface area contributed by atoms with Crippen molar-refractivity contribution in [3.63, 3.8) is 0 Å². The molecule has 1 aliphatic carbocycles. The number of piperidine rings is 1. The number of nitrogens with two attached hydrogens (primary N) is 1. The van der Waals surface area contributed by atoms with Crippen LogP contribution in [-0.2, 0) is 9.53 Å². The Hall–Kier alpha value is -0.0300. The topological polar surface area (TPSA) is 64.3 Å². The number of ether oxygens (including phenoxy) is 1. The van der Waals surface area contributed by atoms with Crippen LogP contribution in [0.5, 0.6) is 0 Å². The Balaban J connectivity index is 0.00000128. The molecular formula is C11H22Cl2N2O2. The molecule has 0 bridgehead atoms. The molecule has 1 aliphatic heterocycles. The number of carbonyl (C=O) groups excluding carboxylic acids is 1. The largest absolute Gasteiger partial charge is 0.469 e. The van der Waals surface area contributed by atoms with Gasteiger partial charge in [0.1, 0.15) is 0 Å². The van der Waals surface area contributed by atoms with E-state index in [0.717, 1.165) is 25.9 Å². The second-order valence-corrected chi connectivity index (χ2v) is 4.76. The summed E-state index contributed by atoms with van der Waals surface area (Å²) in [7, 11) is 1.46. The summed E-state index contributed by atoms with van der Waals surface area (Å²) in [4.78, 5) is 11.9. The minimum Gasteiger partial charge on any atom is -0.469 e. The van der Waals surface area contributed by atoms with E-state index in [0.29, 0.717) is 5.92 Å². The lowest BCUT2D eigenvalue weighted by atomic mass is 9.71. The molecule has 2 rings (SSSR count). The van der Waals surface area contributed by atoms with E-state index in [9.17, 15) is 4.79 Å². The maximum atomic E-state index is 11.9. The smallest absolute Gasteiger partial charge is 0.313 e. The lowest BCUT2D eigenvalue weighted by Crippen LogP contribution is -2.54. The summed E-state index contributed by atoms with van der Waals surface area (Å²) in [6, 6.07) is -0.00736. The van der Waals surface area contributed by atoms with Gasteiger partial charge in [-0.1, -0.05) is 0 Å². The minimum atomic E-state index is -0.416. The Morgan fingerprint density at radius 3 is 2.29 bits per heavy atom. The van der Waals surface area contributed by atoms with E-state index in [2.05, 4.69) is 5.32 Å². The molecule has 0 aromatic carbocycles. The SMILES string of the molecule is COC(=O)C1(C(N)C2CC2)CCNCC1.Cl.Cl. The Kier molecular flexibility index (Phi) is 6.77. The highest BCUT2D eigenvalue weighted by molar-refractivity contribution is 5.85. The quantitative estimate of drug-likeness (QED) is 0.762. The van der Waals surface area contributed by atoms with Gasteiger partial charge in [0.15, 0.2) is 0 Å². The number of methoxy groups -OCH3 is 1. The Bertz CT molecular complexity index is 254. The number of rotatable bonds is 3. The van der Waals surface area contributed by atoms with Crippen LogP contribution in [0.25, 0.3) is 0 Å². The first-order valence-corrected chi connectivity index (χ1v) is 5.75. The van der Waals surface area contributed by atoms with E-state index in [1.807, 2.05) is 0 Å². The van der Waals surface area contributed by atoms with Crippen LogP contribution >= 0.6 is 24.8 Å². The molecule has 3 N–H and O–H groups in total. The molecule has 0 aromatic rings. The molecule has 102 valence electrons. The van der Waals surface area contributed by atoms with Crippen molar-refractivity contribution in [2.45, 2.75) is 31.7 Å². The average molecular weight is 285 g/mol. The molecule has 17 heavy (non-hydrogen) atoms. The van der Waals surface area contributed by atoms with Crippen molar-refractivity contribution in [3.8, 4) is 0 Å². The summed E-state index contributed by atoms with van der Waals surface area (Å²) in [5.41, 5.74) is 5.82. The van der Waals surface area contributed by atoms with Gasteiger partial charge in [-0.3, -0.25) is 4.79 Å². The first-order valence-electron chi connectivity index (χ1n) is 5.75. The third-order valence-corrected chi connectivity index (χ3v) is 3.86. The Labute approximate surface area is 115 Å². The first-order chi connectivity index (χ1) is 7.20. The monoisotopic (exact) mass is 284 g/mol. The van der Waals surface area contributed by atoms with E-state index >= 15 is 0 Å². The Morgan fingerprint density at radius 1 is 1.35 bits per heavy atom. The van der Waals surface area contributed by atoms with E-state index < -0.39 is 5.41 Å². The van der Waals surface area contributed by atoms with Crippen LogP contribution in [0.1, 0.15) is 25.7 Å². The van der Waals surface area contributed by atoms with Crippen molar-refractivity contribution in [1.82, 2.24) is 5.32 Å². The zero-order valence-electron chi connectivity index (χ0n) is 10.1. The lowest BCUT2D eigenvalue weighted by Gasteiger charge is -2.39. The predicted molar refractivity (Wildman–Crippen MR) is 71.7 cm³/mol. The van der Waals surface area contributed by atoms with E-state index in [1.165, 1.54) is 20.0 Å². The highest BCUT2D eigenvalue weighted by Gasteiger charge is 2.50. The van der Waals surface area contributed by atoms with Crippen LogP contribution in [0.15, 0.2) is 0 Å². The molecule has 2 fully saturated rings. The van der Waals surface area contributed by atoms with Crippen molar-refractivity contribution in [1.29, 1.82) is 0 Å². The predicted octanol–water partition coefficient (Wildman–Crippen LogP) is 1.11. The van der Waals surface area contributed by atoms with Gasteiger partial charge in [0.2, 0.25) is 0 Å². The second kappa shape index (κ2) is 6.78. The molecule has 4 nitrogen and oxygen atoms in total. The van der Waals surface area contributed by atoms with Crippen molar-refractivity contribution in [2.24, 2.45) is 17.1 Å². The number of hydrogen-bond donors (Lipinski definition) is 2. The normalized spacial score (nSPS) is 23.9. The van der Waals surface area contributed by atoms with Crippen molar-refractivity contribution in [3.05, 3.63) is 0 Å². The molecule has 0 spiro atoms. The average Bonchev–Trinajstić information content (AvgIpc) is 3.11. The van der Waals surface area contributed by atoms with E-state index in [4.69, 9.17) is 10.5 Å². The molecule has 6 heteroatoms. The highest BCUT2D eigenvalue weighted by atomic mass is 35.5. The fourth-order valence-electron chi connectivity index (χ4n) is 2.66. The summed E-state index contributed by atoms with van der Waals surface area (Å²) < 4.78 is 4.95. The van der Waals surface area contributed by atoms with Gasteiger partial charge >= 0.3 is 5.97 Å². The van der Waals surface area contributed by atoms with E-state index in [1.54, 1.807) is 0 Å². The number of esters is 1. The van der Waals surface area contributed by atoms with Crippen LogP contribution in [0, 0.1) is 11.3 Å². The third-order valence-electron chi connectivity index (χ3n) is 3.86. The number of hydrogen-bond acceptors (Lipinski definition) is 4. The molecule has 2 aliphatic rings. The maximum Gasteiger partial charge on any atom is 0.313 e. The van der Waals surface area contributed by atoms with Gasteiger partial charge in [-0.2, -0.15) is 0 Å². The summed E-state index contributed by atoms with van der Waals surface area (Å²) in [6.45, 7) is 1.74. The van der Waals surface area contributed by atoms with Gasteiger partial charge in [-0.15, -0.1) is 24.8 Å². The first kappa shape index (κ1) is 17.0.